The summed E-state index contributed by atoms with van der Waals surface area (Å²) in [6, 6.07) is 8.04. The first-order chi connectivity index (χ1) is 22.1. The average Bonchev–Trinajstić information content (AvgIpc) is 3.41. The molecular formula is C32H34ClF2N5O5S. The van der Waals surface area contributed by atoms with Gasteiger partial charge in [-0.15, -0.1) is 0 Å². The Balaban J connectivity index is 1.28. The van der Waals surface area contributed by atoms with Gasteiger partial charge < -0.3 is 24.8 Å². The molecule has 3 heterocycles. The molecule has 3 N–H and O–H groups in total. The van der Waals surface area contributed by atoms with Crippen LogP contribution in [0.5, 0.6) is 5.75 Å². The zero-order valence-electron chi connectivity index (χ0n) is 25.3. The first-order valence-electron chi connectivity index (χ1n) is 15.0. The summed E-state index contributed by atoms with van der Waals surface area (Å²) >= 11 is 6.11. The number of benzene rings is 3. The number of piperidine rings is 1. The van der Waals surface area contributed by atoms with Crippen molar-refractivity contribution in [2.45, 2.75) is 43.2 Å². The minimum atomic E-state index is -4.46. The number of hydrogen-bond acceptors (Lipinski definition) is 9. The standard InChI is InChI=1S/C32H34ClF2N5O5S/c1-3-18-12-19(13-20-16-36-32(38-30(18)20)37-22-6-8-40(9-7-22)10-11-44-2)28-24(34)4-5-25(29(28)35)39-46(42,43)27-15-21(33)14-23-26(41)17-45-31(23)27/h4-5,12-16,22,26,39,41H,3,6-11,17H2,1-2H3,(H,36,37,38). The van der Waals surface area contributed by atoms with Crippen LogP contribution in [0.3, 0.4) is 0 Å². The number of nitrogens with zero attached hydrogens (tertiary/aromatic N) is 3. The highest BCUT2D eigenvalue weighted by atomic mass is 35.5. The predicted molar refractivity (Wildman–Crippen MR) is 172 cm³/mol. The predicted octanol–water partition coefficient (Wildman–Crippen LogP) is 5.54. The molecule has 10 nitrogen and oxygen atoms in total. The maximum atomic E-state index is 16.0. The molecule has 1 unspecified atom stereocenters. The lowest BCUT2D eigenvalue weighted by atomic mass is 9.97. The number of aromatic nitrogens is 2. The third-order valence-electron chi connectivity index (χ3n) is 8.38. The minimum Gasteiger partial charge on any atom is -0.489 e. The molecular weight excluding hydrogens is 640 g/mol. The number of nitrogens with one attached hydrogen (secondary N) is 2. The molecule has 46 heavy (non-hydrogen) atoms. The Morgan fingerprint density at radius 1 is 1.17 bits per heavy atom. The number of ether oxygens (including phenoxy) is 2. The van der Waals surface area contributed by atoms with Crippen molar-refractivity contribution in [3.63, 3.8) is 0 Å². The van der Waals surface area contributed by atoms with Crippen molar-refractivity contribution in [2.24, 2.45) is 0 Å². The van der Waals surface area contributed by atoms with E-state index in [9.17, 15) is 13.5 Å². The van der Waals surface area contributed by atoms with Gasteiger partial charge in [-0.05, 0) is 66.8 Å². The van der Waals surface area contributed by atoms with Gasteiger partial charge in [-0.2, -0.15) is 0 Å². The van der Waals surface area contributed by atoms with Gasteiger partial charge in [0.15, 0.2) is 5.82 Å². The molecule has 0 saturated carbocycles. The molecule has 2 aliphatic rings. The van der Waals surface area contributed by atoms with E-state index >= 15 is 8.78 Å². The van der Waals surface area contributed by atoms with Crippen LogP contribution in [-0.2, 0) is 21.2 Å². The Kier molecular flexibility index (Phi) is 9.31. The van der Waals surface area contributed by atoms with Crippen molar-refractivity contribution >= 4 is 44.2 Å². The molecule has 6 rings (SSSR count). The second-order valence-electron chi connectivity index (χ2n) is 11.4. The fourth-order valence-corrected chi connectivity index (χ4v) is 7.50. The average molecular weight is 674 g/mol. The Morgan fingerprint density at radius 2 is 1.96 bits per heavy atom. The molecule has 0 spiro atoms. The summed E-state index contributed by atoms with van der Waals surface area (Å²) in [5.41, 5.74) is 0.968. The fraction of sp³-hybridized carbons (Fsp3) is 0.375. The summed E-state index contributed by atoms with van der Waals surface area (Å²) in [5, 5.41) is 14.2. The zero-order chi connectivity index (χ0) is 32.6. The summed E-state index contributed by atoms with van der Waals surface area (Å²) in [5.74, 6) is -1.55. The number of sulfonamides is 1. The lowest BCUT2D eigenvalue weighted by Gasteiger charge is -2.32. The SMILES string of the molecule is CCc1cc(-c2c(F)ccc(NS(=O)(=O)c3cc(Cl)cc4c3OCC4O)c2F)cc2cnc(NC3CCN(CCOC)CC3)nc12. The molecule has 1 saturated heterocycles. The van der Waals surface area contributed by atoms with E-state index in [0.29, 0.717) is 29.9 Å². The molecule has 0 aliphatic carbocycles. The van der Waals surface area contributed by atoms with Crippen LogP contribution in [0.4, 0.5) is 20.4 Å². The van der Waals surface area contributed by atoms with Gasteiger partial charge in [0, 0.05) is 55.0 Å². The van der Waals surface area contributed by atoms with Gasteiger partial charge in [-0.3, -0.25) is 4.72 Å². The number of likely N-dealkylation sites (tertiary alicyclic amines) is 1. The Morgan fingerprint density at radius 3 is 2.70 bits per heavy atom. The minimum absolute atomic E-state index is 0.0520. The van der Waals surface area contributed by atoms with E-state index in [-0.39, 0.29) is 39.4 Å². The molecule has 3 aromatic carbocycles. The van der Waals surface area contributed by atoms with E-state index < -0.39 is 39.0 Å². The molecule has 14 heteroatoms. The molecule has 4 aromatic rings. The van der Waals surface area contributed by atoms with E-state index in [2.05, 4.69) is 19.9 Å². The van der Waals surface area contributed by atoms with Crippen molar-refractivity contribution in [1.82, 2.24) is 14.9 Å². The molecule has 1 fully saturated rings. The van der Waals surface area contributed by atoms with Crippen LogP contribution in [-0.4, -0.2) is 74.4 Å². The summed E-state index contributed by atoms with van der Waals surface area (Å²) in [6.45, 7) is 5.27. The van der Waals surface area contributed by atoms with Crippen LogP contribution in [0.15, 0.2) is 47.5 Å². The quantitative estimate of drug-likeness (QED) is 0.199. The molecule has 1 atom stereocenters. The lowest BCUT2D eigenvalue weighted by molar-refractivity contribution is 0.132. The van der Waals surface area contributed by atoms with Crippen LogP contribution in [0, 0.1) is 11.6 Å². The highest BCUT2D eigenvalue weighted by Crippen LogP contribution is 2.41. The maximum Gasteiger partial charge on any atom is 0.265 e. The van der Waals surface area contributed by atoms with Gasteiger partial charge in [0.2, 0.25) is 5.95 Å². The van der Waals surface area contributed by atoms with Gasteiger partial charge >= 0.3 is 0 Å². The smallest absolute Gasteiger partial charge is 0.265 e. The van der Waals surface area contributed by atoms with Crippen LogP contribution in [0.2, 0.25) is 5.02 Å². The van der Waals surface area contributed by atoms with Crippen molar-refractivity contribution < 1.29 is 31.8 Å². The number of aryl methyl sites for hydroxylation is 1. The first kappa shape index (κ1) is 32.3. The van der Waals surface area contributed by atoms with E-state index in [1.165, 1.54) is 6.07 Å². The third-order valence-corrected chi connectivity index (χ3v) is 9.97. The van der Waals surface area contributed by atoms with Gasteiger partial charge in [0.05, 0.1) is 23.4 Å². The van der Waals surface area contributed by atoms with Crippen molar-refractivity contribution in [2.75, 3.05) is 50.0 Å². The topological polar surface area (TPSA) is 126 Å². The van der Waals surface area contributed by atoms with Crippen molar-refractivity contribution in [3.05, 3.63) is 70.4 Å². The third kappa shape index (κ3) is 6.47. The Labute approximate surface area is 270 Å². The van der Waals surface area contributed by atoms with E-state index in [1.54, 1.807) is 25.4 Å². The molecule has 0 amide bonds. The van der Waals surface area contributed by atoms with Gasteiger partial charge in [-0.1, -0.05) is 18.5 Å². The number of halogens is 3. The number of aliphatic hydroxyl groups is 1. The summed E-state index contributed by atoms with van der Waals surface area (Å²) in [6.07, 6.45) is 2.98. The molecule has 244 valence electrons. The summed E-state index contributed by atoms with van der Waals surface area (Å²) in [4.78, 5) is 11.2. The second-order valence-corrected chi connectivity index (χ2v) is 13.5. The molecule has 0 radical (unpaired) electrons. The Bertz CT molecular complexity index is 1890. The number of hydrogen-bond donors (Lipinski definition) is 3. The number of methoxy groups -OCH3 is 1. The first-order valence-corrected chi connectivity index (χ1v) is 16.9. The fourth-order valence-electron chi connectivity index (χ4n) is 5.94. The van der Waals surface area contributed by atoms with Gasteiger partial charge in [0.25, 0.3) is 10.0 Å². The normalized spacial score (nSPS) is 17.2. The van der Waals surface area contributed by atoms with Crippen molar-refractivity contribution in [3.8, 4) is 16.9 Å². The molecule has 1 aromatic heterocycles. The number of rotatable bonds is 10. The van der Waals surface area contributed by atoms with Crippen LogP contribution in [0.1, 0.15) is 37.0 Å². The lowest BCUT2D eigenvalue weighted by Crippen LogP contribution is -2.40. The maximum absolute atomic E-state index is 16.0. The van der Waals surface area contributed by atoms with E-state index in [0.717, 1.165) is 56.2 Å². The highest BCUT2D eigenvalue weighted by Gasteiger charge is 2.32. The monoisotopic (exact) mass is 673 g/mol. The van der Waals surface area contributed by atoms with Crippen molar-refractivity contribution in [1.29, 1.82) is 0 Å². The summed E-state index contributed by atoms with van der Waals surface area (Å²) < 4.78 is 70.9. The second kappa shape index (κ2) is 13.2. The summed E-state index contributed by atoms with van der Waals surface area (Å²) in [7, 11) is -2.76. The zero-order valence-corrected chi connectivity index (χ0v) is 26.9. The number of anilines is 2. The van der Waals surface area contributed by atoms with Crippen LogP contribution >= 0.6 is 11.6 Å². The van der Waals surface area contributed by atoms with Gasteiger partial charge in [0.1, 0.15) is 29.2 Å². The van der Waals surface area contributed by atoms with E-state index in [4.69, 9.17) is 26.1 Å². The highest BCUT2D eigenvalue weighted by molar-refractivity contribution is 7.92. The largest absolute Gasteiger partial charge is 0.489 e. The molecule has 2 aliphatic heterocycles. The van der Waals surface area contributed by atoms with E-state index in [1.807, 2.05) is 6.92 Å². The Hall–Kier alpha value is -3.62. The van der Waals surface area contributed by atoms with Crippen LogP contribution < -0.4 is 14.8 Å². The number of fused-ring (bicyclic) bond motifs is 2. The van der Waals surface area contributed by atoms with Gasteiger partial charge in [-0.25, -0.2) is 27.2 Å². The molecule has 0 bridgehead atoms. The van der Waals surface area contributed by atoms with Crippen LogP contribution in [0.25, 0.3) is 22.0 Å². The number of aliphatic hydroxyl groups excluding tert-OH is 1.